The standard InChI is InChI=1S/C18H24N2O/c1-14(2)21-17-9-8-15-6-3-4-7-16(15)18(17)20-12-5-10-19-11-13-20/h3-4,6-9,14,19H,5,10-13H2,1-2H3. The van der Waals surface area contributed by atoms with Crippen molar-refractivity contribution in [2.45, 2.75) is 26.4 Å². The van der Waals surface area contributed by atoms with Crippen LogP contribution in [0.3, 0.4) is 0 Å². The molecule has 2 aromatic carbocycles. The molecule has 3 heteroatoms. The third-order valence-corrected chi connectivity index (χ3v) is 3.88. The van der Waals surface area contributed by atoms with Crippen molar-refractivity contribution >= 4 is 16.5 Å². The highest BCUT2D eigenvalue weighted by atomic mass is 16.5. The fourth-order valence-corrected chi connectivity index (χ4v) is 2.98. The molecule has 21 heavy (non-hydrogen) atoms. The lowest BCUT2D eigenvalue weighted by molar-refractivity contribution is 0.243. The summed E-state index contributed by atoms with van der Waals surface area (Å²) in [5.74, 6) is 1.01. The van der Waals surface area contributed by atoms with Gasteiger partial charge in [0.25, 0.3) is 0 Å². The minimum atomic E-state index is 0.190. The highest BCUT2D eigenvalue weighted by Gasteiger charge is 2.18. The molecule has 1 aliphatic rings. The Morgan fingerprint density at radius 1 is 1.05 bits per heavy atom. The van der Waals surface area contributed by atoms with Crippen LogP contribution in [0.2, 0.25) is 0 Å². The van der Waals surface area contributed by atoms with Crippen LogP contribution in [0.25, 0.3) is 10.8 Å². The smallest absolute Gasteiger partial charge is 0.143 e. The zero-order chi connectivity index (χ0) is 14.7. The summed E-state index contributed by atoms with van der Waals surface area (Å²) in [6.45, 7) is 8.41. The highest BCUT2D eigenvalue weighted by molar-refractivity contribution is 5.97. The number of nitrogens with zero attached hydrogens (tertiary/aromatic N) is 1. The molecular weight excluding hydrogens is 260 g/mol. The van der Waals surface area contributed by atoms with E-state index in [1.807, 2.05) is 0 Å². The minimum absolute atomic E-state index is 0.190. The Balaban J connectivity index is 2.10. The number of anilines is 1. The topological polar surface area (TPSA) is 24.5 Å². The van der Waals surface area contributed by atoms with Crippen molar-refractivity contribution in [3.8, 4) is 5.75 Å². The second-order valence-electron chi connectivity index (χ2n) is 5.89. The predicted molar refractivity (Wildman–Crippen MR) is 89.4 cm³/mol. The molecule has 0 saturated carbocycles. The Kier molecular flexibility index (Phi) is 4.30. The van der Waals surface area contributed by atoms with E-state index in [0.29, 0.717) is 0 Å². The maximum absolute atomic E-state index is 6.09. The first kappa shape index (κ1) is 14.2. The number of ether oxygens (including phenoxy) is 1. The lowest BCUT2D eigenvalue weighted by atomic mass is 10.1. The molecule has 1 aliphatic heterocycles. The summed E-state index contributed by atoms with van der Waals surface area (Å²) >= 11 is 0. The Bertz CT molecular complexity index is 601. The Morgan fingerprint density at radius 2 is 1.90 bits per heavy atom. The molecule has 1 saturated heterocycles. The van der Waals surface area contributed by atoms with Crippen LogP contribution >= 0.6 is 0 Å². The van der Waals surface area contributed by atoms with E-state index < -0.39 is 0 Å². The third kappa shape index (κ3) is 3.13. The lowest BCUT2D eigenvalue weighted by Crippen LogP contribution is -2.28. The maximum Gasteiger partial charge on any atom is 0.143 e. The first-order valence-corrected chi connectivity index (χ1v) is 7.90. The van der Waals surface area contributed by atoms with E-state index in [4.69, 9.17) is 4.74 Å². The molecule has 3 rings (SSSR count). The van der Waals surface area contributed by atoms with Crippen LogP contribution in [-0.4, -0.2) is 32.3 Å². The predicted octanol–water partition coefficient (Wildman–Crippen LogP) is 3.43. The largest absolute Gasteiger partial charge is 0.489 e. The zero-order valence-electron chi connectivity index (χ0n) is 12.9. The van der Waals surface area contributed by atoms with Crippen LogP contribution in [0.5, 0.6) is 5.75 Å². The molecule has 1 heterocycles. The molecule has 112 valence electrons. The van der Waals surface area contributed by atoms with E-state index in [2.05, 4.69) is 60.5 Å². The van der Waals surface area contributed by atoms with Crippen molar-refractivity contribution in [3.05, 3.63) is 36.4 Å². The highest BCUT2D eigenvalue weighted by Crippen LogP contribution is 2.37. The van der Waals surface area contributed by atoms with E-state index in [0.717, 1.165) is 31.9 Å². The number of rotatable bonds is 3. The fraction of sp³-hybridized carbons (Fsp3) is 0.444. The Labute approximate surface area is 126 Å². The molecule has 0 atom stereocenters. The fourth-order valence-electron chi connectivity index (χ4n) is 2.98. The summed E-state index contributed by atoms with van der Waals surface area (Å²) in [6, 6.07) is 12.9. The van der Waals surface area contributed by atoms with Gasteiger partial charge in [0.1, 0.15) is 5.75 Å². The van der Waals surface area contributed by atoms with Crippen molar-refractivity contribution in [1.29, 1.82) is 0 Å². The van der Waals surface area contributed by atoms with Gasteiger partial charge < -0.3 is 15.0 Å². The average Bonchev–Trinajstić information content (AvgIpc) is 2.75. The third-order valence-electron chi connectivity index (χ3n) is 3.88. The molecular formula is C18H24N2O. The van der Waals surface area contributed by atoms with Crippen molar-refractivity contribution < 1.29 is 4.74 Å². The van der Waals surface area contributed by atoms with Gasteiger partial charge in [0.2, 0.25) is 0 Å². The van der Waals surface area contributed by atoms with E-state index >= 15 is 0 Å². The van der Waals surface area contributed by atoms with E-state index in [9.17, 15) is 0 Å². The van der Waals surface area contributed by atoms with Gasteiger partial charge in [-0.05, 0) is 38.3 Å². The van der Waals surface area contributed by atoms with Crippen LogP contribution in [0, 0.1) is 0 Å². The van der Waals surface area contributed by atoms with Crippen molar-refractivity contribution in [1.82, 2.24) is 5.32 Å². The van der Waals surface area contributed by atoms with Gasteiger partial charge in [-0.3, -0.25) is 0 Å². The number of hydrogen-bond acceptors (Lipinski definition) is 3. The summed E-state index contributed by atoms with van der Waals surface area (Å²) < 4.78 is 6.09. The zero-order valence-corrected chi connectivity index (χ0v) is 12.9. The summed E-state index contributed by atoms with van der Waals surface area (Å²) in [6.07, 6.45) is 1.36. The van der Waals surface area contributed by atoms with Crippen LogP contribution in [-0.2, 0) is 0 Å². The first-order valence-electron chi connectivity index (χ1n) is 7.90. The average molecular weight is 284 g/mol. The monoisotopic (exact) mass is 284 g/mol. The van der Waals surface area contributed by atoms with Crippen molar-refractivity contribution in [3.63, 3.8) is 0 Å². The minimum Gasteiger partial charge on any atom is -0.489 e. The summed E-state index contributed by atoms with van der Waals surface area (Å²) in [5, 5.41) is 6.04. The normalized spacial score (nSPS) is 16.2. The molecule has 1 fully saturated rings. The molecule has 1 N–H and O–H groups in total. The number of fused-ring (bicyclic) bond motifs is 1. The van der Waals surface area contributed by atoms with E-state index in [-0.39, 0.29) is 6.10 Å². The summed E-state index contributed by atoms with van der Waals surface area (Å²) in [4.78, 5) is 2.47. The SMILES string of the molecule is CC(C)Oc1ccc2ccccc2c1N1CCCNCC1. The molecule has 0 spiro atoms. The Hall–Kier alpha value is -1.74. The summed E-state index contributed by atoms with van der Waals surface area (Å²) in [7, 11) is 0. The van der Waals surface area contributed by atoms with Crippen LogP contribution in [0.15, 0.2) is 36.4 Å². The van der Waals surface area contributed by atoms with Crippen LogP contribution < -0.4 is 15.0 Å². The molecule has 0 amide bonds. The molecule has 0 aromatic heterocycles. The van der Waals surface area contributed by atoms with Crippen molar-refractivity contribution in [2.24, 2.45) is 0 Å². The van der Waals surface area contributed by atoms with Gasteiger partial charge in [-0.1, -0.05) is 30.3 Å². The first-order chi connectivity index (χ1) is 10.3. The van der Waals surface area contributed by atoms with Gasteiger partial charge in [0.05, 0.1) is 11.8 Å². The molecule has 0 radical (unpaired) electrons. The molecule has 3 nitrogen and oxygen atoms in total. The van der Waals surface area contributed by atoms with E-state index in [1.165, 1.54) is 22.9 Å². The summed E-state index contributed by atoms with van der Waals surface area (Å²) in [5.41, 5.74) is 1.26. The van der Waals surface area contributed by atoms with Gasteiger partial charge in [-0.15, -0.1) is 0 Å². The van der Waals surface area contributed by atoms with Gasteiger partial charge in [0.15, 0.2) is 0 Å². The van der Waals surface area contributed by atoms with E-state index in [1.54, 1.807) is 0 Å². The Morgan fingerprint density at radius 3 is 2.76 bits per heavy atom. The second kappa shape index (κ2) is 6.35. The molecule has 0 aliphatic carbocycles. The number of hydrogen-bond donors (Lipinski definition) is 1. The maximum atomic E-state index is 6.09. The number of benzene rings is 2. The van der Waals surface area contributed by atoms with Gasteiger partial charge in [-0.2, -0.15) is 0 Å². The second-order valence-corrected chi connectivity index (χ2v) is 5.89. The van der Waals surface area contributed by atoms with Crippen LogP contribution in [0.1, 0.15) is 20.3 Å². The molecule has 0 bridgehead atoms. The quantitative estimate of drug-likeness (QED) is 0.934. The number of nitrogens with one attached hydrogen (secondary N) is 1. The van der Waals surface area contributed by atoms with Gasteiger partial charge in [-0.25, -0.2) is 0 Å². The van der Waals surface area contributed by atoms with Gasteiger partial charge in [0, 0.05) is 25.0 Å². The van der Waals surface area contributed by atoms with Gasteiger partial charge >= 0.3 is 0 Å². The van der Waals surface area contributed by atoms with Crippen LogP contribution in [0.4, 0.5) is 5.69 Å². The molecule has 0 unspecified atom stereocenters. The molecule has 2 aromatic rings. The van der Waals surface area contributed by atoms with Crippen molar-refractivity contribution in [2.75, 3.05) is 31.1 Å². The lowest BCUT2D eigenvalue weighted by Gasteiger charge is -2.27.